The minimum atomic E-state index is -1.22. The van der Waals surface area contributed by atoms with Gasteiger partial charge in [0, 0.05) is 29.2 Å². The van der Waals surface area contributed by atoms with E-state index >= 15 is 0 Å². The Morgan fingerprint density at radius 1 is 1.18 bits per heavy atom. The molecule has 1 fully saturated rings. The number of aliphatic hydroxyl groups is 1. The second kappa shape index (κ2) is 8.89. The molecule has 2 aliphatic heterocycles. The number of rotatable bonds is 7. The van der Waals surface area contributed by atoms with Crippen LogP contribution in [0.5, 0.6) is 0 Å². The lowest BCUT2D eigenvalue weighted by molar-refractivity contribution is -0.384. The number of benzene rings is 2. The SMILES string of the molecule is C[C@@H](O)[C@H]1C(=O)N2C(C(=O)O)=C(c3sc4cncn4c3-c3ccccc3)C(Cc3ccc([N+](=O)[O-])cc3)[C@H]12. The van der Waals surface area contributed by atoms with Crippen molar-refractivity contribution in [1.82, 2.24) is 14.3 Å². The minimum Gasteiger partial charge on any atom is -0.477 e. The van der Waals surface area contributed by atoms with Crippen LogP contribution >= 0.6 is 11.3 Å². The molecule has 1 saturated heterocycles. The molecule has 192 valence electrons. The quantitative estimate of drug-likeness (QED) is 0.210. The number of nitro groups is 1. The van der Waals surface area contributed by atoms with E-state index < -0.39 is 40.8 Å². The van der Waals surface area contributed by atoms with Gasteiger partial charge in [-0.05, 0) is 18.9 Å². The first kappa shape index (κ1) is 24.0. The van der Waals surface area contributed by atoms with E-state index in [1.54, 1.807) is 24.7 Å². The predicted molar refractivity (Wildman–Crippen MR) is 139 cm³/mol. The van der Waals surface area contributed by atoms with Gasteiger partial charge in [-0.1, -0.05) is 42.5 Å². The number of carboxylic acid groups (broad SMARTS) is 1. The molecule has 0 spiro atoms. The number of carboxylic acids is 1. The van der Waals surface area contributed by atoms with Gasteiger partial charge in [0.05, 0.1) is 39.8 Å². The van der Waals surface area contributed by atoms with Crippen LogP contribution < -0.4 is 0 Å². The van der Waals surface area contributed by atoms with Gasteiger partial charge in [-0.3, -0.25) is 19.3 Å². The fraction of sp³-hybridized carbons (Fsp3) is 0.222. The van der Waals surface area contributed by atoms with Crippen molar-refractivity contribution < 1.29 is 24.7 Å². The zero-order chi connectivity index (χ0) is 26.7. The first-order chi connectivity index (χ1) is 18.3. The number of aromatic nitrogens is 2. The molecule has 0 bridgehead atoms. The molecule has 2 aromatic carbocycles. The third-order valence-corrected chi connectivity index (χ3v) is 8.48. The minimum absolute atomic E-state index is 0.0447. The number of non-ortho nitro benzene ring substituents is 1. The number of aliphatic hydroxyl groups excluding tert-OH is 1. The number of amides is 1. The van der Waals surface area contributed by atoms with E-state index in [1.807, 2.05) is 34.7 Å². The van der Waals surface area contributed by atoms with E-state index in [0.29, 0.717) is 16.9 Å². The second-order valence-corrected chi connectivity index (χ2v) is 10.5. The summed E-state index contributed by atoms with van der Waals surface area (Å²) in [5.41, 5.74) is 2.79. The van der Waals surface area contributed by atoms with Crippen LogP contribution in [0.15, 0.2) is 72.8 Å². The monoisotopic (exact) mass is 530 g/mol. The maximum atomic E-state index is 13.2. The van der Waals surface area contributed by atoms with Crippen LogP contribution in [-0.4, -0.2) is 53.4 Å². The van der Waals surface area contributed by atoms with Crippen LogP contribution in [0.1, 0.15) is 17.4 Å². The zero-order valence-corrected chi connectivity index (χ0v) is 20.9. The smallest absolute Gasteiger partial charge is 0.352 e. The number of hydrogen-bond acceptors (Lipinski definition) is 7. The van der Waals surface area contributed by atoms with Gasteiger partial charge in [-0.15, -0.1) is 11.3 Å². The van der Waals surface area contributed by atoms with E-state index in [9.17, 15) is 29.9 Å². The highest BCUT2D eigenvalue weighted by Gasteiger charge is 2.61. The number of carbonyl (C=O) groups is 2. The van der Waals surface area contributed by atoms with Crippen molar-refractivity contribution in [3.8, 4) is 11.3 Å². The number of fused-ring (bicyclic) bond motifs is 2. The van der Waals surface area contributed by atoms with E-state index in [2.05, 4.69) is 4.98 Å². The number of carbonyl (C=O) groups excluding carboxylic acids is 1. The average Bonchev–Trinajstić information content (AvgIpc) is 3.55. The molecule has 11 heteroatoms. The Morgan fingerprint density at radius 2 is 1.89 bits per heavy atom. The molecular formula is C27H22N4O6S. The number of β-lactam (4-membered cyclic amide) rings is 1. The molecule has 0 aliphatic carbocycles. The van der Waals surface area contributed by atoms with Crippen molar-refractivity contribution >= 4 is 39.3 Å². The van der Waals surface area contributed by atoms with Gasteiger partial charge in [0.2, 0.25) is 5.91 Å². The van der Waals surface area contributed by atoms with Crippen LogP contribution in [0.3, 0.4) is 0 Å². The number of aliphatic carboxylic acids is 1. The summed E-state index contributed by atoms with van der Waals surface area (Å²) in [6, 6.07) is 15.1. The van der Waals surface area contributed by atoms with Crippen LogP contribution in [0.25, 0.3) is 21.7 Å². The Balaban J connectivity index is 1.56. The van der Waals surface area contributed by atoms with E-state index in [-0.39, 0.29) is 11.4 Å². The predicted octanol–water partition coefficient (Wildman–Crippen LogP) is 3.85. The van der Waals surface area contributed by atoms with Crippen molar-refractivity contribution in [1.29, 1.82) is 0 Å². The molecule has 4 atom stereocenters. The zero-order valence-electron chi connectivity index (χ0n) is 20.1. The second-order valence-electron chi connectivity index (χ2n) is 9.51. The van der Waals surface area contributed by atoms with Crippen LogP contribution in [0.2, 0.25) is 0 Å². The Labute approximate surface area is 220 Å². The maximum Gasteiger partial charge on any atom is 0.352 e. The number of hydrogen-bond donors (Lipinski definition) is 2. The summed E-state index contributed by atoms with van der Waals surface area (Å²) in [6.07, 6.45) is 2.76. The first-order valence-electron chi connectivity index (χ1n) is 12.0. The lowest BCUT2D eigenvalue weighted by atomic mass is 9.74. The molecule has 38 heavy (non-hydrogen) atoms. The molecule has 1 unspecified atom stereocenters. The standard InChI is InChI=1S/C27H22N4O6S/c1-14(32)20-23-18(11-15-7-9-17(10-8-15)31(36)37)21(24(27(34)35)30(23)26(20)33)25-22(16-5-3-2-4-6-16)29-13-28-12-19(29)38-25/h2-10,12-14,18,20,23,32H,11H2,1H3,(H,34,35)/t14-,18?,20-,23-/m1/s1. The fourth-order valence-corrected chi connectivity index (χ4v) is 6.98. The summed E-state index contributed by atoms with van der Waals surface area (Å²) >= 11 is 1.40. The van der Waals surface area contributed by atoms with E-state index in [1.165, 1.54) is 35.3 Å². The van der Waals surface area contributed by atoms with Gasteiger partial charge in [-0.25, -0.2) is 9.78 Å². The van der Waals surface area contributed by atoms with Gasteiger partial charge in [0.15, 0.2) is 0 Å². The molecule has 4 aromatic rings. The summed E-state index contributed by atoms with van der Waals surface area (Å²) in [5.74, 6) is -2.85. The van der Waals surface area contributed by atoms with Gasteiger partial charge >= 0.3 is 5.97 Å². The molecule has 4 heterocycles. The number of imidazole rings is 1. The maximum absolute atomic E-state index is 13.2. The highest BCUT2D eigenvalue weighted by molar-refractivity contribution is 7.19. The third-order valence-electron chi connectivity index (χ3n) is 7.35. The molecule has 2 aliphatic rings. The van der Waals surface area contributed by atoms with Gasteiger partial charge in [0.25, 0.3) is 5.69 Å². The first-order valence-corrected chi connectivity index (χ1v) is 12.8. The topological polar surface area (TPSA) is 138 Å². The summed E-state index contributed by atoms with van der Waals surface area (Å²) < 4.78 is 1.91. The van der Waals surface area contributed by atoms with Crippen molar-refractivity contribution in [2.45, 2.75) is 25.5 Å². The number of thiazole rings is 1. The van der Waals surface area contributed by atoms with Gasteiger partial charge < -0.3 is 15.1 Å². The molecule has 2 aromatic heterocycles. The molecule has 1 amide bonds. The number of nitro benzene ring substituents is 1. The molecule has 0 radical (unpaired) electrons. The van der Waals surface area contributed by atoms with Crippen LogP contribution in [-0.2, 0) is 16.0 Å². The van der Waals surface area contributed by atoms with Crippen molar-refractivity contribution in [2.24, 2.45) is 11.8 Å². The number of nitrogens with zero attached hydrogens (tertiary/aromatic N) is 4. The summed E-state index contributed by atoms with van der Waals surface area (Å²) in [4.78, 5) is 43.6. The third kappa shape index (κ3) is 3.54. The molecule has 2 N–H and O–H groups in total. The van der Waals surface area contributed by atoms with Crippen molar-refractivity contribution in [3.63, 3.8) is 0 Å². The Bertz CT molecular complexity index is 1620. The normalized spacial score (nSPS) is 21.5. The Morgan fingerprint density at radius 3 is 2.53 bits per heavy atom. The lowest BCUT2D eigenvalue weighted by Gasteiger charge is -2.47. The molecule has 10 nitrogen and oxygen atoms in total. The van der Waals surface area contributed by atoms with E-state index in [4.69, 9.17) is 0 Å². The van der Waals surface area contributed by atoms with Gasteiger partial charge in [0.1, 0.15) is 16.9 Å². The highest BCUT2D eigenvalue weighted by Crippen LogP contribution is 2.54. The van der Waals surface area contributed by atoms with Crippen molar-refractivity contribution in [2.75, 3.05) is 0 Å². The lowest BCUT2D eigenvalue weighted by Crippen LogP contribution is -2.64. The summed E-state index contributed by atoms with van der Waals surface area (Å²) in [6.45, 7) is 1.54. The average molecular weight is 531 g/mol. The van der Waals surface area contributed by atoms with Crippen LogP contribution in [0, 0.1) is 22.0 Å². The molecule has 6 rings (SSSR count). The van der Waals surface area contributed by atoms with Crippen molar-refractivity contribution in [3.05, 3.63) is 93.4 Å². The molecule has 0 saturated carbocycles. The fourth-order valence-electron chi connectivity index (χ4n) is 5.75. The van der Waals surface area contributed by atoms with Crippen LogP contribution in [0.4, 0.5) is 5.69 Å². The Hall–Kier alpha value is -4.35. The van der Waals surface area contributed by atoms with E-state index in [0.717, 1.165) is 21.7 Å². The highest BCUT2D eigenvalue weighted by atomic mass is 32.1. The van der Waals surface area contributed by atoms with Gasteiger partial charge in [-0.2, -0.15) is 0 Å². The largest absolute Gasteiger partial charge is 0.477 e. The summed E-state index contributed by atoms with van der Waals surface area (Å²) in [5, 5.41) is 32.0. The summed E-state index contributed by atoms with van der Waals surface area (Å²) in [7, 11) is 0. The Kier molecular flexibility index (Phi) is 5.62. The molecular weight excluding hydrogens is 508 g/mol.